The fourth-order valence-electron chi connectivity index (χ4n) is 3.88. The first-order chi connectivity index (χ1) is 17.5. The van der Waals surface area contributed by atoms with Crippen LogP contribution in [0.4, 0.5) is 17.1 Å². The van der Waals surface area contributed by atoms with Gasteiger partial charge in [-0.15, -0.1) is 10.2 Å². The molecular weight excluding hydrogens is 488 g/mol. The number of carbonyl (C=O) groups excluding carboxylic acids is 1. The van der Waals surface area contributed by atoms with Crippen LogP contribution in [-0.4, -0.2) is 18.3 Å². The van der Waals surface area contributed by atoms with E-state index in [1.165, 1.54) is 0 Å². The molecule has 4 aromatic carbocycles. The number of para-hydroxylation sites is 1. The lowest BCUT2D eigenvalue weighted by atomic mass is 10.1. The van der Waals surface area contributed by atoms with E-state index in [0.717, 1.165) is 32.3 Å². The lowest BCUT2D eigenvalue weighted by molar-refractivity contribution is -0.116. The summed E-state index contributed by atoms with van der Waals surface area (Å²) >= 11 is 8.12. The molecule has 5 rings (SSSR count). The Kier molecular flexibility index (Phi) is 6.98. The quantitative estimate of drug-likeness (QED) is 0.157. The van der Waals surface area contributed by atoms with Crippen molar-refractivity contribution in [2.45, 2.75) is 23.6 Å². The molecule has 36 heavy (non-hydrogen) atoms. The summed E-state index contributed by atoms with van der Waals surface area (Å²) in [4.78, 5) is 22.1. The van der Waals surface area contributed by atoms with Crippen LogP contribution >= 0.6 is 23.4 Å². The summed E-state index contributed by atoms with van der Waals surface area (Å²) in [5.74, 6) is 0.142. The van der Waals surface area contributed by atoms with Crippen LogP contribution in [0.1, 0.15) is 16.7 Å². The summed E-state index contributed by atoms with van der Waals surface area (Å²) in [7, 11) is 0. The molecule has 0 saturated carbocycles. The SMILES string of the molecule is Cc1ccc(N=NC(=NCC(=O)N2c3ccccc3Sc3ccc(C)cc32)c2ccccc2Cl)cc1. The molecule has 0 bridgehead atoms. The van der Waals surface area contributed by atoms with Crippen molar-refractivity contribution in [2.24, 2.45) is 15.2 Å². The van der Waals surface area contributed by atoms with Crippen molar-refractivity contribution in [3.05, 3.63) is 113 Å². The van der Waals surface area contributed by atoms with E-state index in [1.54, 1.807) is 22.7 Å². The predicted molar refractivity (Wildman–Crippen MR) is 147 cm³/mol. The molecule has 4 aromatic rings. The molecule has 7 heteroatoms. The maximum absolute atomic E-state index is 13.7. The minimum atomic E-state index is -0.162. The number of anilines is 2. The number of fused-ring (bicyclic) bond motifs is 2. The first-order valence-electron chi connectivity index (χ1n) is 11.5. The van der Waals surface area contributed by atoms with Crippen LogP contribution in [0.2, 0.25) is 5.02 Å². The van der Waals surface area contributed by atoms with Gasteiger partial charge in [0.1, 0.15) is 6.54 Å². The minimum Gasteiger partial charge on any atom is -0.277 e. The van der Waals surface area contributed by atoms with E-state index in [4.69, 9.17) is 11.6 Å². The van der Waals surface area contributed by atoms with E-state index in [1.807, 2.05) is 86.6 Å². The van der Waals surface area contributed by atoms with Gasteiger partial charge in [-0.25, -0.2) is 0 Å². The van der Waals surface area contributed by atoms with Gasteiger partial charge in [0.05, 0.1) is 22.1 Å². The van der Waals surface area contributed by atoms with E-state index in [9.17, 15) is 4.79 Å². The Morgan fingerprint density at radius 2 is 1.53 bits per heavy atom. The van der Waals surface area contributed by atoms with Gasteiger partial charge in [0.25, 0.3) is 5.91 Å². The van der Waals surface area contributed by atoms with Crippen molar-refractivity contribution in [1.29, 1.82) is 0 Å². The number of halogens is 1. The van der Waals surface area contributed by atoms with Crippen molar-refractivity contribution in [3.63, 3.8) is 0 Å². The molecule has 0 atom stereocenters. The number of aryl methyl sites for hydroxylation is 2. The zero-order valence-corrected chi connectivity index (χ0v) is 21.4. The number of hydrogen-bond donors (Lipinski definition) is 0. The summed E-state index contributed by atoms with van der Waals surface area (Å²) in [5.41, 5.74) is 5.24. The molecular formula is C29H23ClN4OS. The third-order valence-corrected chi connectivity index (χ3v) is 7.16. The number of carbonyl (C=O) groups is 1. The number of hydrogen-bond acceptors (Lipinski definition) is 4. The minimum absolute atomic E-state index is 0.111. The van der Waals surface area contributed by atoms with Crippen molar-refractivity contribution in [1.82, 2.24) is 0 Å². The average Bonchev–Trinajstić information content (AvgIpc) is 2.89. The Balaban J connectivity index is 1.51. The third-order valence-electron chi connectivity index (χ3n) is 5.70. The summed E-state index contributed by atoms with van der Waals surface area (Å²) < 4.78 is 0. The summed E-state index contributed by atoms with van der Waals surface area (Å²) in [5, 5.41) is 9.23. The number of amidine groups is 1. The first kappa shape index (κ1) is 24.0. The zero-order chi connectivity index (χ0) is 25.1. The molecule has 1 aliphatic rings. The molecule has 0 fully saturated rings. The largest absolute Gasteiger partial charge is 0.277 e. The van der Waals surface area contributed by atoms with Gasteiger partial charge in [0, 0.05) is 15.4 Å². The summed E-state index contributed by atoms with van der Waals surface area (Å²) in [6.45, 7) is 3.92. The van der Waals surface area contributed by atoms with Crippen LogP contribution in [0.3, 0.4) is 0 Å². The van der Waals surface area contributed by atoms with Gasteiger partial charge in [-0.05, 0) is 67.9 Å². The molecule has 0 aromatic heterocycles. The van der Waals surface area contributed by atoms with Crippen molar-refractivity contribution < 1.29 is 4.79 Å². The molecule has 1 amide bonds. The predicted octanol–water partition coefficient (Wildman–Crippen LogP) is 8.32. The lowest BCUT2D eigenvalue weighted by Gasteiger charge is -2.31. The second-order valence-corrected chi connectivity index (χ2v) is 9.92. The highest BCUT2D eigenvalue weighted by Gasteiger charge is 2.28. The number of aliphatic imine (C=N–C) groups is 1. The number of amides is 1. The Morgan fingerprint density at radius 3 is 2.33 bits per heavy atom. The van der Waals surface area contributed by atoms with E-state index >= 15 is 0 Å². The molecule has 178 valence electrons. The Bertz CT molecular complexity index is 1500. The van der Waals surface area contributed by atoms with Gasteiger partial charge in [0.15, 0.2) is 5.84 Å². The highest BCUT2D eigenvalue weighted by molar-refractivity contribution is 7.99. The second kappa shape index (κ2) is 10.5. The van der Waals surface area contributed by atoms with Crippen LogP contribution < -0.4 is 4.90 Å². The fraction of sp³-hybridized carbons (Fsp3) is 0.103. The zero-order valence-electron chi connectivity index (χ0n) is 19.9. The number of nitrogens with zero attached hydrogens (tertiary/aromatic N) is 4. The van der Waals surface area contributed by atoms with E-state index in [0.29, 0.717) is 22.1 Å². The molecule has 0 unspecified atom stereocenters. The molecule has 5 nitrogen and oxygen atoms in total. The molecule has 0 radical (unpaired) electrons. The van der Waals surface area contributed by atoms with Crippen molar-refractivity contribution in [2.75, 3.05) is 11.4 Å². The Morgan fingerprint density at radius 1 is 0.833 bits per heavy atom. The van der Waals surface area contributed by atoms with Gasteiger partial charge >= 0.3 is 0 Å². The number of azo groups is 1. The highest BCUT2D eigenvalue weighted by Crippen LogP contribution is 2.48. The lowest BCUT2D eigenvalue weighted by Crippen LogP contribution is -2.30. The van der Waals surface area contributed by atoms with Gasteiger partial charge in [-0.1, -0.05) is 71.4 Å². The number of benzene rings is 4. The second-order valence-electron chi connectivity index (χ2n) is 8.43. The van der Waals surface area contributed by atoms with Crippen LogP contribution in [0.15, 0.2) is 116 Å². The Labute approximate surface area is 219 Å². The topological polar surface area (TPSA) is 57.4 Å². The van der Waals surface area contributed by atoms with Crippen LogP contribution in [0.5, 0.6) is 0 Å². The smallest absolute Gasteiger partial charge is 0.253 e. The van der Waals surface area contributed by atoms with E-state index in [2.05, 4.69) is 27.4 Å². The van der Waals surface area contributed by atoms with Crippen LogP contribution in [0.25, 0.3) is 0 Å². The maximum atomic E-state index is 13.7. The fourth-order valence-corrected chi connectivity index (χ4v) is 5.14. The van der Waals surface area contributed by atoms with Gasteiger partial charge in [-0.3, -0.25) is 14.7 Å². The van der Waals surface area contributed by atoms with Crippen molar-refractivity contribution >= 4 is 52.2 Å². The first-order valence-corrected chi connectivity index (χ1v) is 12.7. The van der Waals surface area contributed by atoms with Gasteiger partial charge in [0.2, 0.25) is 0 Å². The molecule has 0 spiro atoms. The average molecular weight is 511 g/mol. The monoisotopic (exact) mass is 510 g/mol. The van der Waals surface area contributed by atoms with E-state index in [-0.39, 0.29) is 12.5 Å². The normalized spacial score (nSPS) is 13.0. The van der Waals surface area contributed by atoms with Gasteiger partial charge < -0.3 is 0 Å². The third kappa shape index (κ3) is 5.10. The van der Waals surface area contributed by atoms with Crippen molar-refractivity contribution in [3.8, 4) is 0 Å². The number of rotatable bonds is 4. The molecule has 0 saturated heterocycles. The summed E-state index contributed by atoms with van der Waals surface area (Å²) in [6, 6.07) is 29.0. The van der Waals surface area contributed by atoms with Crippen LogP contribution in [0, 0.1) is 13.8 Å². The summed E-state index contributed by atoms with van der Waals surface area (Å²) in [6.07, 6.45) is 0. The molecule has 1 aliphatic heterocycles. The molecule has 1 heterocycles. The highest BCUT2D eigenvalue weighted by atomic mass is 35.5. The molecule has 0 aliphatic carbocycles. The van der Waals surface area contributed by atoms with E-state index < -0.39 is 0 Å². The van der Waals surface area contributed by atoms with Crippen LogP contribution in [-0.2, 0) is 4.79 Å². The maximum Gasteiger partial charge on any atom is 0.253 e. The Hall–Kier alpha value is -3.74. The van der Waals surface area contributed by atoms with Gasteiger partial charge in [-0.2, -0.15) is 0 Å². The standard InChI is InChI=1S/C29H23ClN4OS/c1-19-11-14-21(15-12-19)32-33-29(22-7-3-4-8-23(22)30)31-18-28(35)34-24-9-5-6-10-26(24)36-27-16-13-20(2)17-25(27)34/h3-17H,18H2,1-2H3. The molecule has 0 N–H and O–H groups in total.